The molecule has 1 N–H and O–H groups in total. The van der Waals surface area contributed by atoms with Gasteiger partial charge in [-0.05, 0) is 44.2 Å². The van der Waals surface area contributed by atoms with Crippen molar-refractivity contribution < 1.29 is 19.0 Å². The number of fused-ring (bicyclic) bond motifs is 2. The number of allylic oxidation sites excluding steroid dienone is 1. The van der Waals surface area contributed by atoms with Crippen LogP contribution in [0.3, 0.4) is 0 Å². The molecule has 6 heteroatoms. The van der Waals surface area contributed by atoms with Crippen LogP contribution in [0.15, 0.2) is 23.9 Å². The Balaban J connectivity index is 1.74. The minimum Gasteiger partial charge on any atom is -0.493 e. The Morgan fingerprint density at radius 1 is 1.04 bits per heavy atom. The molecule has 4 rings (SSSR count). The summed E-state index contributed by atoms with van der Waals surface area (Å²) in [6.45, 7) is 0. The third kappa shape index (κ3) is 2.90. The average Bonchev–Trinajstić information content (AvgIpc) is 3.06. The van der Waals surface area contributed by atoms with Gasteiger partial charge in [0.15, 0.2) is 11.5 Å². The van der Waals surface area contributed by atoms with Gasteiger partial charge in [0, 0.05) is 17.2 Å². The predicted molar refractivity (Wildman–Crippen MR) is 107 cm³/mol. The third-order valence-corrected chi connectivity index (χ3v) is 6.61. The molecule has 0 radical (unpaired) electrons. The molecular formula is C22H30N2O4. The van der Waals surface area contributed by atoms with Crippen LogP contribution in [0.4, 0.5) is 0 Å². The summed E-state index contributed by atoms with van der Waals surface area (Å²) >= 11 is 0. The highest BCUT2D eigenvalue weighted by molar-refractivity contribution is 5.96. The van der Waals surface area contributed by atoms with Crippen LogP contribution in [0, 0.1) is 5.92 Å². The number of methoxy groups -OCH3 is 3. The van der Waals surface area contributed by atoms with E-state index in [0.29, 0.717) is 28.7 Å². The molecule has 28 heavy (non-hydrogen) atoms. The van der Waals surface area contributed by atoms with Crippen molar-refractivity contribution in [3.63, 3.8) is 0 Å². The van der Waals surface area contributed by atoms with Gasteiger partial charge in [0.25, 0.3) is 5.91 Å². The summed E-state index contributed by atoms with van der Waals surface area (Å²) in [4.78, 5) is 13.7. The summed E-state index contributed by atoms with van der Waals surface area (Å²) in [6.07, 6.45) is 11.4. The molecule has 1 atom stereocenters. The lowest BCUT2D eigenvalue weighted by Gasteiger charge is -2.44. The van der Waals surface area contributed by atoms with Gasteiger partial charge in [-0.15, -0.1) is 0 Å². The zero-order chi connectivity index (χ0) is 19.7. The van der Waals surface area contributed by atoms with Crippen molar-refractivity contribution in [2.45, 2.75) is 56.9 Å². The Kier molecular flexibility index (Phi) is 5.13. The third-order valence-electron chi connectivity index (χ3n) is 6.61. The second kappa shape index (κ2) is 7.57. The van der Waals surface area contributed by atoms with E-state index in [4.69, 9.17) is 14.2 Å². The first-order valence-electron chi connectivity index (χ1n) is 10.3. The van der Waals surface area contributed by atoms with E-state index >= 15 is 0 Å². The molecular weight excluding hydrogens is 356 g/mol. The van der Waals surface area contributed by atoms with E-state index in [2.05, 4.69) is 11.5 Å². The first kappa shape index (κ1) is 19.0. The minimum absolute atomic E-state index is 0.0311. The van der Waals surface area contributed by atoms with Crippen molar-refractivity contribution in [3.8, 4) is 17.2 Å². The SMILES string of the molecule is COc1cc(C(=O)N2NC3=CCCC[C@@H]3C23CCCCC3)cc(OC)c1OC. The quantitative estimate of drug-likeness (QED) is 0.846. The fourth-order valence-corrected chi connectivity index (χ4v) is 5.28. The van der Waals surface area contributed by atoms with Gasteiger partial charge in [0.05, 0.1) is 26.9 Å². The zero-order valence-electron chi connectivity index (χ0n) is 17.0. The van der Waals surface area contributed by atoms with Crippen LogP contribution >= 0.6 is 0 Å². The lowest BCUT2D eigenvalue weighted by Crippen LogP contribution is -2.54. The smallest absolute Gasteiger partial charge is 0.273 e. The number of benzene rings is 1. The lowest BCUT2D eigenvalue weighted by molar-refractivity contribution is 0.0225. The number of hydrogen-bond acceptors (Lipinski definition) is 5. The summed E-state index contributed by atoms with van der Waals surface area (Å²) in [7, 11) is 4.71. The molecule has 1 amide bonds. The van der Waals surface area contributed by atoms with Crippen molar-refractivity contribution in [2.75, 3.05) is 21.3 Å². The number of ether oxygens (including phenoxy) is 3. The van der Waals surface area contributed by atoms with Crippen LogP contribution in [0.1, 0.15) is 61.7 Å². The molecule has 1 aliphatic heterocycles. The number of rotatable bonds is 4. The fourth-order valence-electron chi connectivity index (χ4n) is 5.28. The summed E-state index contributed by atoms with van der Waals surface area (Å²) in [6, 6.07) is 3.50. The number of hydrazine groups is 1. The van der Waals surface area contributed by atoms with E-state index in [1.807, 2.05) is 5.01 Å². The Labute approximate surface area is 166 Å². The molecule has 0 bridgehead atoms. The molecule has 152 valence electrons. The largest absolute Gasteiger partial charge is 0.493 e. The maximum atomic E-state index is 13.7. The van der Waals surface area contributed by atoms with Crippen LogP contribution in [0.25, 0.3) is 0 Å². The van der Waals surface area contributed by atoms with Gasteiger partial charge in [0.1, 0.15) is 0 Å². The van der Waals surface area contributed by atoms with Gasteiger partial charge in [-0.25, -0.2) is 5.01 Å². The second-order valence-electron chi connectivity index (χ2n) is 7.97. The molecule has 1 saturated heterocycles. The number of hydrogen-bond donors (Lipinski definition) is 1. The first-order valence-corrected chi connectivity index (χ1v) is 10.3. The van der Waals surface area contributed by atoms with Crippen LogP contribution in [-0.4, -0.2) is 37.8 Å². The molecule has 1 heterocycles. The number of nitrogens with zero attached hydrogens (tertiary/aromatic N) is 1. The van der Waals surface area contributed by atoms with Crippen LogP contribution in [-0.2, 0) is 0 Å². The first-order chi connectivity index (χ1) is 13.6. The number of carbonyl (C=O) groups is 1. The highest BCUT2D eigenvalue weighted by atomic mass is 16.5. The molecule has 6 nitrogen and oxygen atoms in total. The number of nitrogens with one attached hydrogen (secondary N) is 1. The topological polar surface area (TPSA) is 60.0 Å². The summed E-state index contributed by atoms with van der Waals surface area (Å²) < 4.78 is 16.3. The maximum absolute atomic E-state index is 13.7. The molecule has 0 unspecified atom stereocenters. The predicted octanol–water partition coefficient (Wildman–Crippen LogP) is 4.06. The lowest BCUT2D eigenvalue weighted by atomic mass is 9.69. The molecule has 0 aromatic heterocycles. The van der Waals surface area contributed by atoms with Gasteiger partial charge < -0.3 is 14.2 Å². The Hall–Kier alpha value is -2.37. The molecule has 1 spiro atoms. The van der Waals surface area contributed by atoms with Crippen LogP contribution in [0.5, 0.6) is 17.2 Å². The average molecular weight is 386 g/mol. The van der Waals surface area contributed by atoms with E-state index in [9.17, 15) is 4.79 Å². The molecule has 1 aromatic carbocycles. The molecule has 1 aromatic rings. The zero-order valence-corrected chi connectivity index (χ0v) is 17.0. The van der Waals surface area contributed by atoms with Crippen LogP contribution in [0.2, 0.25) is 0 Å². The second-order valence-corrected chi connectivity index (χ2v) is 7.97. The van der Waals surface area contributed by atoms with Crippen molar-refractivity contribution >= 4 is 5.91 Å². The fraction of sp³-hybridized carbons (Fsp3) is 0.591. The molecule has 2 fully saturated rings. The van der Waals surface area contributed by atoms with Crippen molar-refractivity contribution in [2.24, 2.45) is 5.92 Å². The van der Waals surface area contributed by atoms with E-state index in [0.717, 1.165) is 25.7 Å². The Bertz CT molecular complexity index is 758. The van der Waals surface area contributed by atoms with E-state index in [-0.39, 0.29) is 11.4 Å². The van der Waals surface area contributed by atoms with Crippen molar-refractivity contribution in [3.05, 3.63) is 29.5 Å². The van der Waals surface area contributed by atoms with Gasteiger partial charge in [-0.3, -0.25) is 10.2 Å². The highest BCUT2D eigenvalue weighted by Gasteiger charge is 2.54. The summed E-state index contributed by atoms with van der Waals surface area (Å²) in [5.74, 6) is 1.89. The van der Waals surface area contributed by atoms with Gasteiger partial charge in [-0.1, -0.05) is 25.3 Å². The number of carbonyl (C=O) groups excluding carboxylic acids is 1. The van der Waals surface area contributed by atoms with E-state index in [1.165, 1.54) is 31.4 Å². The van der Waals surface area contributed by atoms with E-state index < -0.39 is 0 Å². The maximum Gasteiger partial charge on any atom is 0.273 e. The molecule has 1 saturated carbocycles. The molecule has 3 aliphatic rings. The van der Waals surface area contributed by atoms with Gasteiger partial charge in [0.2, 0.25) is 5.75 Å². The number of amides is 1. The normalized spacial score (nSPS) is 22.9. The molecule has 2 aliphatic carbocycles. The Morgan fingerprint density at radius 2 is 1.71 bits per heavy atom. The highest BCUT2D eigenvalue weighted by Crippen LogP contribution is 2.50. The van der Waals surface area contributed by atoms with Crippen LogP contribution < -0.4 is 19.6 Å². The van der Waals surface area contributed by atoms with Crippen molar-refractivity contribution in [1.82, 2.24) is 10.4 Å². The summed E-state index contributed by atoms with van der Waals surface area (Å²) in [5.41, 5.74) is 5.14. The van der Waals surface area contributed by atoms with Gasteiger partial charge >= 0.3 is 0 Å². The standard InChI is InChI=1S/C22H30N2O4/c1-26-18-13-15(14-19(27-2)20(18)28-3)21(25)24-22(11-7-4-8-12-22)16-9-5-6-10-17(16)23-24/h10,13-14,16,23H,4-9,11-12H2,1-3H3/t16-/m0/s1. The van der Waals surface area contributed by atoms with Crippen molar-refractivity contribution in [1.29, 1.82) is 0 Å². The minimum atomic E-state index is -0.123. The van der Waals surface area contributed by atoms with E-state index in [1.54, 1.807) is 33.5 Å². The summed E-state index contributed by atoms with van der Waals surface area (Å²) in [5, 5.41) is 1.93. The monoisotopic (exact) mass is 386 g/mol. The Morgan fingerprint density at radius 3 is 2.32 bits per heavy atom. The van der Waals surface area contributed by atoms with Gasteiger partial charge in [-0.2, -0.15) is 0 Å².